The molecule has 1 aromatic heterocycles. The Morgan fingerprint density at radius 3 is 2.61 bits per heavy atom. The van der Waals surface area contributed by atoms with Crippen LogP contribution in [0.2, 0.25) is 0 Å². The number of hydrogen-bond acceptors (Lipinski definition) is 6. The molecular formula is C10H20N4O2S2. The number of nitrogens with two attached hydrogens (primary N) is 1. The first-order chi connectivity index (χ1) is 8.37. The van der Waals surface area contributed by atoms with E-state index in [2.05, 4.69) is 10.2 Å². The van der Waals surface area contributed by atoms with E-state index in [4.69, 9.17) is 5.73 Å². The number of hydrogen-bond donors (Lipinski definition) is 1. The molecule has 0 aromatic carbocycles. The molecule has 0 amide bonds. The van der Waals surface area contributed by atoms with Crippen LogP contribution in [0.25, 0.3) is 0 Å². The Labute approximate surface area is 112 Å². The lowest BCUT2D eigenvalue weighted by Gasteiger charge is -2.11. The SMILES string of the molecule is CCS(=O)(=O)CCCSc1nnc(N)n1C(C)C. The maximum Gasteiger partial charge on any atom is 0.222 e. The van der Waals surface area contributed by atoms with Crippen LogP contribution in [0.1, 0.15) is 33.2 Å². The van der Waals surface area contributed by atoms with Crippen molar-refractivity contribution in [3.63, 3.8) is 0 Å². The van der Waals surface area contributed by atoms with Crippen molar-refractivity contribution in [2.75, 3.05) is 23.0 Å². The quantitative estimate of drug-likeness (QED) is 0.602. The molecule has 2 N–H and O–H groups in total. The fourth-order valence-electron chi connectivity index (χ4n) is 1.46. The summed E-state index contributed by atoms with van der Waals surface area (Å²) < 4.78 is 24.5. The van der Waals surface area contributed by atoms with E-state index < -0.39 is 9.84 Å². The lowest BCUT2D eigenvalue weighted by molar-refractivity contribution is 0.557. The molecule has 0 bridgehead atoms. The molecule has 1 aromatic rings. The monoisotopic (exact) mass is 292 g/mol. The minimum absolute atomic E-state index is 0.196. The third-order valence-corrected chi connectivity index (χ3v) is 5.30. The zero-order valence-electron chi connectivity index (χ0n) is 11.0. The molecule has 18 heavy (non-hydrogen) atoms. The Kier molecular flexibility index (Phi) is 5.46. The van der Waals surface area contributed by atoms with Crippen molar-refractivity contribution in [2.24, 2.45) is 0 Å². The predicted molar refractivity (Wildman–Crippen MR) is 74.5 cm³/mol. The van der Waals surface area contributed by atoms with Crippen molar-refractivity contribution in [3.8, 4) is 0 Å². The summed E-state index contributed by atoms with van der Waals surface area (Å²) in [5, 5.41) is 8.57. The lowest BCUT2D eigenvalue weighted by Crippen LogP contribution is -2.10. The molecule has 0 fully saturated rings. The van der Waals surface area contributed by atoms with Crippen LogP contribution in [0.5, 0.6) is 0 Å². The number of thioether (sulfide) groups is 1. The molecule has 0 aliphatic carbocycles. The summed E-state index contributed by atoms with van der Waals surface area (Å²) in [6.07, 6.45) is 0.617. The number of sulfone groups is 1. The maximum atomic E-state index is 11.3. The van der Waals surface area contributed by atoms with Crippen LogP contribution in [0.4, 0.5) is 5.95 Å². The molecule has 0 radical (unpaired) electrons. The van der Waals surface area contributed by atoms with Crippen LogP contribution in [-0.2, 0) is 9.84 Å². The van der Waals surface area contributed by atoms with Crippen molar-refractivity contribution in [2.45, 2.75) is 38.4 Å². The van der Waals surface area contributed by atoms with Gasteiger partial charge in [-0.3, -0.25) is 4.57 Å². The second-order valence-corrected chi connectivity index (χ2v) is 7.78. The summed E-state index contributed by atoms with van der Waals surface area (Å²) >= 11 is 1.49. The van der Waals surface area contributed by atoms with Crippen molar-refractivity contribution in [3.05, 3.63) is 0 Å². The molecule has 1 rings (SSSR count). The van der Waals surface area contributed by atoms with Gasteiger partial charge in [0, 0.05) is 17.5 Å². The molecule has 0 aliphatic rings. The van der Waals surface area contributed by atoms with E-state index >= 15 is 0 Å². The minimum atomic E-state index is -2.88. The average Bonchev–Trinajstić information content (AvgIpc) is 2.66. The molecule has 0 atom stereocenters. The number of nitrogens with zero attached hydrogens (tertiary/aromatic N) is 3. The summed E-state index contributed by atoms with van der Waals surface area (Å²) in [6.45, 7) is 5.68. The molecule has 8 heteroatoms. The van der Waals surface area contributed by atoms with Crippen LogP contribution in [0.15, 0.2) is 5.16 Å². The van der Waals surface area contributed by atoms with Gasteiger partial charge in [-0.05, 0) is 20.3 Å². The van der Waals surface area contributed by atoms with E-state index in [9.17, 15) is 8.42 Å². The van der Waals surface area contributed by atoms with Crippen LogP contribution in [-0.4, -0.2) is 40.4 Å². The van der Waals surface area contributed by atoms with Gasteiger partial charge in [-0.2, -0.15) is 0 Å². The number of anilines is 1. The number of nitrogen functional groups attached to an aromatic ring is 1. The smallest absolute Gasteiger partial charge is 0.222 e. The maximum absolute atomic E-state index is 11.3. The molecule has 0 aliphatic heterocycles. The van der Waals surface area contributed by atoms with E-state index in [-0.39, 0.29) is 17.5 Å². The third-order valence-electron chi connectivity index (χ3n) is 2.48. The highest BCUT2D eigenvalue weighted by atomic mass is 32.2. The van der Waals surface area contributed by atoms with Gasteiger partial charge >= 0.3 is 0 Å². The molecule has 0 saturated heterocycles. The predicted octanol–water partition coefficient (Wildman–Crippen LogP) is 1.36. The highest BCUT2D eigenvalue weighted by molar-refractivity contribution is 7.99. The second kappa shape index (κ2) is 6.42. The first-order valence-electron chi connectivity index (χ1n) is 5.91. The summed E-state index contributed by atoms with van der Waals surface area (Å²) in [5.41, 5.74) is 5.72. The molecule has 0 unspecified atom stereocenters. The Hall–Kier alpha value is -0.760. The molecule has 6 nitrogen and oxygen atoms in total. The molecule has 1 heterocycles. The van der Waals surface area contributed by atoms with Gasteiger partial charge in [0.25, 0.3) is 0 Å². The largest absolute Gasteiger partial charge is 0.368 e. The van der Waals surface area contributed by atoms with E-state index in [1.807, 2.05) is 18.4 Å². The highest BCUT2D eigenvalue weighted by Crippen LogP contribution is 2.23. The minimum Gasteiger partial charge on any atom is -0.368 e. The van der Waals surface area contributed by atoms with Gasteiger partial charge in [0.05, 0.1) is 5.75 Å². The highest BCUT2D eigenvalue weighted by Gasteiger charge is 2.13. The summed E-state index contributed by atoms with van der Waals surface area (Å²) in [4.78, 5) is 0. The van der Waals surface area contributed by atoms with Gasteiger partial charge in [0.2, 0.25) is 5.95 Å². The average molecular weight is 292 g/mol. The Balaban J connectivity index is 2.50. The Bertz CT molecular complexity index is 482. The van der Waals surface area contributed by atoms with Gasteiger partial charge in [0.1, 0.15) is 9.84 Å². The molecule has 0 spiro atoms. The zero-order valence-corrected chi connectivity index (χ0v) is 12.6. The van der Waals surface area contributed by atoms with Crippen LogP contribution in [0, 0.1) is 0 Å². The van der Waals surface area contributed by atoms with Crippen LogP contribution in [0.3, 0.4) is 0 Å². The number of rotatable bonds is 7. The van der Waals surface area contributed by atoms with E-state index in [1.165, 1.54) is 11.8 Å². The Morgan fingerprint density at radius 1 is 1.39 bits per heavy atom. The number of aromatic nitrogens is 3. The fraction of sp³-hybridized carbons (Fsp3) is 0.800. The van der Waals surface area contributed by atoms with Crippen LogP contribution < -0.4 is 5.73 Å². The fourth-order valence-corrected chi connectivity index (χ4v) is 3.53. The molecular weight excluding hydrogens is 272 g/mol. The Morgan fingerprint density at radius 2 is 2.06 bits per heavy atom. The first kappa shape index (κ1) is 15.3. The third kappa shape index (κ3) is 4.16. The van der Waals surface area contributed by atoms with Crippen molar-refractivity contribution in [1.29, 1.82) is 0 Å². The van der Waals surface area contributed by atoms with Crippen molar-refractivity contribution < 1.29 is 8.42 Å². The van der Waals surface area contributed by atoms with Gasteiger partial charge in [-0.25, -0.2) is 8.42 Å². The van der Waals surface area contributed by atoms with Crippen molar-refractivity contribution >= 4 is 27.5 Å². The standard InChI is InChI=1S/C10H20N4O2S2/c1-4-18(15,16)7-5-6-17-10-13-12-9(11)14(10)8(2)3/h8H,4-7H2,1-3H3,(H2,11,12). The summed E-state index contributed by atoms with van der Waals surface area (Å²) in [7, 11) is -2.88. The van der Waals surface area contributed by atoms with E-state index in [0.717, 1.165) is 5.16 Å². The topological polar surface area (TPSA) is 90.9 Å². The lowest BCUT2D eigenvalue weighted by atomic mass is 10.4. The zero-order chi connectivity index (χ0) is 13.8. The van der Waals surface area contributed by atoms with E-state index in [0.29, 0.717) is 18.1 Å². The van der Waals surface area contributed by atoms with Crippen molar-refractivity contribution in [1.82, 2.24) is 14.8 Å². The summed E-state index contributed by atoms with van der Waals surface area (Å²) in [6, 6.07) is 0.196. The first-order valence-corrected chi connectivity index (χ1v) is 8.71. The summed E-state index contributed by atoms with van der Waals surface area (Å²) in [5.74, 6) is 1.52. The van der Waals surface area contributed by atoms with Gasteiger partial charge in [0.15, 0.2) is 5.16 Å². The van der Waals surface area contributed by atoms with Gasteiger partial charge in [-0.1, -0.05) is 18.7 Å². The van der Waals surface area contributed by atoms with Crippen LogP contribution >= 0.6 is 11.8 Å². The van der Waals surface area contributed by atoms with E-state index in [1.54, 1.807) is 6.92 Å². The molecule has 0 saturated carbocycles. The normalized spacial score (nSPS) is 12.2. The second-order valence-electron chi connectivity index (χ2n) is 4.24. The molecule has 104 valence electrons. The van der Waals surface area contributed by atoms with Gasteiger partial charge in [-0.15, -0.1) is 10.2 Å². The van der Waals surface area contributed by atoms with Gasteiger partial charge < -0.3 is 5.73 Å².